The number of carbonyl (C=O) groups is 1. The summed E-state index contributed by atoms with van der Waals surface area (Å²) in [4.78, 5) is 10.6. The predicted molar refractivity (Wildman–Crippen MR) is 73.7 cm³/mol. The Morgan fingerprint density at radius 1 is 1.24 bits per heavy atom. The lowest BCUT2D eigenvalue weighted by molar-refractivity contribution is -0.138. The van der Waals surface area contributed by atoms with E-state index in [0.717, 1.165) is 0 Å². The number of carboxylic acids is 1. The first kappa shape index (κ1) is 16.6. The van der Waals surface area contributed by atoms with Gasteiger partial charge in [-0.1, -0.05) is 34.6 Å². The van der Waals surface area contributed by atoms with Gasteiger partial charge in [0.05, 0.1) is 0 Å². The standard InChI is InChI=1S/C13H28O3Si/c1-10(8-12(14)15)11(2)9-16-17(6,7)13(3,4)5/h10-11H,8-9H2,1-7H3,(H,14,15)/t10-,11-/m1/s1. The first-order valence-corrected chi connectivity index (χ1v) is 9.24. The fourth-order valence-corrected chi connectivity index (χ4v) is 2.31. The molecule has 0 aromatic carbocycles. The third-order valence-electron chi connectivity index (χ3n) is 3.98. The molecule has 0 aromatic heterocycles. The van der Waals surface area contributed by atoms with Crippen molar-refractivity contribution >= 4 is 14.3 Å². The lowest BCUT2D eigenvalue weighted by Gasteiger charge is -2.37. The second kappa shape index (κ2) is 6.00. The van der Waals surface area contributed by atoms with Gasteiger partial charge in [-0.2, -0.15) is 0 Å². The van der Waals surface area contributed by atoms with Crippen LogP contribution >= 0.6 is 0 Å². The Kier molecular flexibility index (Phi) is 5.88. The van der Waals surface area contributed by atoms with Gasteiger partial charge >= 0.3 is 5.97 Å². The summed E-state index contributed by atoms with van der Waals surface area (Å²) < 4.78 is 6.10. The highest BCUT2D eigenvalue weighted by Crippen LogP contribution is 2.37. The Labute approximate surface area is 107 Å². The highest BCUT2D eigenvalue weighted by atomic mass is 28.4. The summed E-state index contributed by atoms with van der Waals surface area (Å²) in [6, 6.07) is 0. The Morgan fingerprint density at radius 3 is 2.06 bits per heavy atom. The third-order valence-corrected chi connectivity index (χ3v) is 8.48. The molecule has 102 valence electrons. The van der Waals surface area contributed by atoms with Crippen LogP contribution in [0.3, 0.4) is 0 Å². The van der Waals surface area contributed by atoms with Crippen molar-refractivity contribution in [3.05, 3.63) is 0 Å². The van der Waals surface area contributed by atoms with Crippen molar-refractivity contribution in [3.8, 4) is 0 Å². The van der Waals surface area contributed by atoms with Crippen molar-refractivity contribution in [2.24, 2.45) is 11.8 Å². The molecule has 2 atom stereocenters. The van der Waals surface area contributed by atoms with Crippen LogP contribution in [-0.4, -0.2) is 26.0 Å². The van der Waals surface area contributed by atoms with Crippen molar-refractivity contribution in [1.29, 1.82) is 0 Å². The molecular formula is C13H28O3Si. The fraction of sp³-hybridized carbons (Fsp3) is 0.923. The van der Waals surface area contributed by atoms with E-state index in [4.69, 9.17) is 9.53 Å². The minimum atomic E-state index is -1.70. The summed E-state index contributed by atoms with van der Waals surface area (Å²) in [5.41, 5.74) is 0. The van der Waals surface area contributed by atoms with E-state index < -0.39 is 14.3 Å². The molecule has 0 aliphatic heterocycles. The molecule has 0 unspecified atom stereocenters. The molecule has 0 saturated heterocycles. The third kappa shape index (κ3) is 5.68. The first-order chi connectivity index (χ1) is 7.47. The van der Waals surface area contributed by atoms with Crippen LogP contribution in [0.1, 0.15) is 41.0 Å². The molecule has 0 bridgehead atoms. The Morgan fingerprint density at radius 2 is 1.71 bits per heavy atom. The molecule has 0 aliphatic carbocycles. The second-order valence-electron chi connectivity index (χ2n) is 6.62. The molecule has 0 amide bonds. The molecule has 0 aromatic rings. The average Bonchev–Trinajstić information content (AvgIpc) is 2.11. The van der Waals surface area contributed by atoms with E-state index >= 15 is 0 Å². The number of aliphatic carboxylic acids is 1. The van der Waals surface area contributed by atoms with Crippen LogP contribution in [0.25, 0.3) is 0 Å². The van der Waals surface area contributed by atoms with E-state index in [2.05, 4.69) is 40.8 Å². The van der Waals surface area contributed by atoms with Gasteiger partial charge in [-0.3, -0.25) is 4.79 Å². The summed E-state index contributed by atoms with van der Waals surface area (Å²) in [5, 5.41) is 8.97. The van der Waals surface area contributed by atoms with Gasteiger partial charge in [0.1, 0.15) is 0 Å². The van der Waals surface area contributed by atoms with Gasteiger partial charge in [0.2, 0.25) is 0 Å². The lowest BCUT2D eigenvalue weighted by Crippen LogP contribution is -2.42. The number of hydrogen-bond donors (Lipinski definition) is 1. The summed E-state index contributed by atoms with van der Waals surface area (Å²) in [6.45, 7) is 15.8. The summed E-state index contributed by atoms with van der Waals surface area (Å²) in [6.07, 6.45) is 0.224. The minimum Gasteiger partial charge on any atom is -0.481 e. The molecular weight excluding hydrogens is 232 g/mol. The fourth-order valence-electron chi connectivity index (χ4n) is 1.20. The minimum absolute atomic E-state index is 0.164. The van der Waals surface area contributed by atoms with Crippen molar-refractivity contribution in [2.45, 2.75) is 59.2 Å². The highest BCUT2D eigenvalue weighted by molar-refractivity contribution is 6.74. The largest absolute Gasteiger partial charge is 0.481 e. The van der Waals surface area contributed by atoms with E-state index in [9.17, 15) is 4.79 Å². The van der Waals surface area contributed by atoms with Crippen molar-refractivity contribution in [1.82, 2.24) is 0 Å². The van der Waals surface area contributed by atoms with Gasteiger partial charge in [-0.15, -0.1) is 0 Å². The topological polar surface area (TPSA) is 46.5 Å². The smallest absolute Gasteiger partial charge is 0.303 e. The second-order valence-corrected chi connectivity index (χ2v) is 11.4. The van der Waals surface area contributed by atoms with Crippen molar-refractivity contribution in [3.63, 3.8) is 0 Å². The molecule has 3 nitrogen and oxygen atoms in total. The van der Waals surface area contributed by atoms with Crippen LogP contribution in [0.4, 0.5) is 0 Å². The van der Waals surface area contributed by atoms with Gasteiger partial charge in [-0.25, -0.2) is 0 Å². The van der Waals surface area contributed by atoms with Gasteiger partial charge < -0.3 is 9.53 Å². The zero-order valence-corrected chi connectivity index (χ0v) is 13.3. The molecule has 4 heteroatoms. The van der Waals surface area contributed by atoms with Crippen molar-refractivity contribution < 1.29 is 14.3 Å². The number of hydrogen-bond acceptors (Lipinski definition) is 2. The Bertz CT molecular complexity index is 256. The Hall–Kier alpha value is -0.353. The zero-order chi connectivity index (χ0) is 13.9. The van der Waals surface area contributed by atoms with Crippen LogP contribution in [0.15, 0.2) is 0 Å². The van der Waals surface area contributed by atoms with Gasteiger partial charge in [0.25, 0.3) is 0 Å². The molecule has 0 spiro atoms. The van der Waals surface area contributed by atoms with E-state index in [1.165, 1.54) is 0 Å². The van der Waals surface area contributed by atoms with Crippen LogP contribution < -0.4 is 0 Å². The molecule has 0 rings (SSSR count). The van der Waals surface area contributed by atoms with Crippen LogP contribution in [-0.2, 0) is 9.22 Å². The zero-order valence-electron chi connectivity index (χ0n) is 12.3. The van der Waals surface area contributed by atoms with Crippen LogP contribution in [0.5, 0.6) is 0 Å². The highest BCUT2D eigenvalue weighted by Gasteiger charge is 2.37. The molecule has 17 heavy (non-hydrogen) atoms. The molecule has 0 aliphatic rings. The lowest BCUT2D eigenvalue weighted by atomic mass is 9.94. The van der Waals surface area contributed by atoms with Gasteiger partial charge in [0, 0.05) is 13.0 Å². The van der Waals surface area contributed by atoms with Gasteiger partial charge in [-0.05, 0) is 30.0 Å². The SMILES string of the molecule is C[C@H](CO[Si](C)(C)C(C)(C)C)[C@H](C)CC(=O)O. The quantitative estimate of drug-likeness (QED) is 0.740. The predicted octanol–water partition coefficient (Wildman–Crippen LogP) is 3.76. The monoisotopic (exact) mass is 260 g/mol. The van der Waals surface area contributed by atoms with E-state index in [0.29, 0.717) is 12.5 Å². The first-order valence-electron chi connectivity index (χ1n) is 6.33. The van der Waals surface area contributed by atoms with Crippen LogP contribution in [0, 0.1) is 11.8 Å². The summed E-state index contributed by atoms with van der Waals surface area (Å²) in [5.74, 6) is -0.269. The number of rotatable bonds is 6. The maximum Gasteiger partial charge on any atom is 0.303 e. The van der Waals surface area contributed by atoms with Crippen LogP contribution in [0.2, 0.25) is 18.1 Å². The molecule has 0 fully saturated rings. The normalized spacial score (nSPS) is 16.6. The maximum atomic E-state index is 10.6. The van der Waals surface area contributed by atoms with Gasteiger partial charge in [0.15, 0.2) is 8.32 Å². The van der Waals surface area contributed by atoms with Crippen molar-refractivity contribution in [2.75, 3.05) is 6.61 Å². The molecule has 0 saturated carbocycles. The summed E-state index contributed by atoms with van der Waals surface area (Å²) in [7, 11) is -1.70. The summed E-state index contributed by atoms with van der Waals surface area (Å²) >= 11 is 0. The van der Waals surface area contributed by atoms with E-state index in [-0.39, 0.29) is 17.4 Å². The molecule has 1 N–H and O–H groups in total. The molecule has 0 heterocycles. The Balaban J connectivity index is 4.24. The molecule has 0 radical (unpaired) electrons. The van der Waals surface area contributed by atoms with E-state index in [1.54, 1.807) is 0 Å². The average molecular weight is 260 g/mol. The maximum absolute atomic E-state index is 10.6. The van der Waals surface area contributed by atoms with E-state index in [1.807, 2.05) is 6.92 Å². The number of carboxylic acid groups (broad SMARTS) is 1.